The normalized spacial score (nSPS) is 30.3. The molecule has 2 aliphatic heterocycles. The molecular weight excluding hydrogens is 242 g/mol. The van der Waals surface area contributed by atoms with E-state index in [9.17, 15) is 4.79 Å². The second-order valence-corrected chi connectivity index (χ2v) is 5.22. The van der Waals surface area contributed by atoms with Crippen LogP contribution in [0.4, 0.5) is 5.69 Å². The van der Waals surface area contributed by atoms with Crippen molar-refractivity contribution in [2.45, 2.75) is 25.6 Å². The van der Waals surface area contributed by atoms with Gasteiger partial charge in [-0.25, -0.2) is 0 Å². The Bertz CT molecular complexity index is 451. The highest BCUT2D eigenvalue weighted by Gasteiger charge is 2.44. The third kappa shape index (κ3) is 2.62. The zero-order valence-corrected chi connectivity index (χ0v) is 11.1. The standard InChI is InChI=1S/C14H19N3O2/c1-2-17-8-11-6-12(13(9-17)19-11)14(18)16-10-4-3-5-15-7-10/h3-5,7,11-13H,2,6,8-9H2,1H3,(H,16,18)/t11-,12-,13-/m1/s1. The number of likely N-dealkylation sites (tertiary alicyclic amines) is 1. The maximum absolute atomic E-state index is 12.3. The average Bonchev–Trinajstić information content (AvgIpc) is 2.74. The third-order valence-electron chi connectivity index (χ3n) is 3.95. The fraction of sp³-hybridized carbons (Fsp3) is 0.571. The first-order chi connectivity index (χ1) is 9.26. The number of amides is 1. The van der Waals surface area contributed by atoms with Gasteiger partial charge in [0.05, 0.1) is 30.0 Å². The van der Waals surface area contributed by atoms with Gasteiger partial charge < -0.3 is 10.1 Å². The number of nitrogens with one attached hydrogen (secondary N) is 1. The summed E-state index contributed by atoms with van der Waals surface area (Å²) in [6.45, 7) is 4.98. The van der Waals surface area contributed by atoms with Crippen LogP contribution in [0.5, 0.6) is 0 Å². The summed E-state index contributed by atoms with van der Waals surface area (Å²) < 4.78 is 5.88. The summed E-state index contributed by atoms with van der Waals surface area (Å²) in [7, 11) is 0. The minimum absolute atomic E-state index is 0.0374. The minimum Gasteiger partial charge on any atom is -0.371 e. The molecule has 3 rings (SSSR count). The van der Waals surface area contributed by atoms with Gasteiger partial charge >= 0.3 is 0 Å². The highest BCUT2D eigenvalue weighted by Crippen LogP contribution is 2.32. The van der Waals surface area contributed by atoms with Crippen molar-refractivity contribution in [3.8, 4) is 0 Å². The molecule has 19 heavy (non-hydrogen) atoms. The van der Waals surface area contributed by atoms with E-state index >= 15 is 0 Å². The van der Waals surface area contributed by atoms with Crippen molar-refractivity contribution in [2.75, 3.05) is 25.0 Å². The van der Waals surface area contributed by atoms with Crippen molar-refractivity contribution in [3.05, 3.63) is 24.5 Å². The molecule has 1 N–H and O–H groups in total. The quantitative estimate of drug-likeness (QED) is 0.886. The maximum Gasteiger partial charge on any atom is 0.230 e. The van der Waals surface area contributed by atoms with Crippen molar-refractivity contribution in [2.24, 2.45) is 5.92 Å². The van der Waals surface area contributed by atoms with E-state index in [-0.39, 0.29) is 24.0 Å². The molecule has 1 aromatic rings. The van der Waals surface area contributed by atoms with Crippen molar-refractivity contribution in [1.29, 1.82) is 0 Å². The van der Waals surface area contributed by atoms with E-state index in [4.69, 9.17) is 4.74 Å². The number of fused-ring (bicyclic) bond motifs is 2. The summed E-state index contributed by atoms with van der Waals surface area (Å²) in [5.74, 6) is 0.0141. The molecule has 0 aromatic carbocycles. The molecular formula is C14H19N3O2. The number of pyridine rings is 1. The Balaban J connectivity index is 1.65. The molecule has 2 bridgehead atoms. The van der Waals surface area contributed by atoms with Crippen LogP contribution in [0.2, 0.25) is 0 Å². The van der Waals surface area contributed by atoms with Crippen LogP contribution >= 0.6 is 0 Å². The lowest BCUT2D eigenvalue weighted by molar-refractivity contribution is -0.122. The third-order valence-corrected chi connectivity index (χ3v) is 3.95. The number of carbonyl (C=O) groups excluding carboxylic acids is 1. The van der Waals surface area contributed by atoms with E-state index in [0.29, 0.717) is 0 Å². The van der Waals surface area contributed by atoms with Gasteiger partial charge in [0.1, 0.15) is 0 Å². The maximum atomic E-state index is 12.3. The van der Waals surface area contributed by atoms with Crippen LogP contribution in [0.25, 0.3) is 0 Å². The van der Waals surface area contributed by atoms with Gasteiger partial charge in [0.15, 0.2) is 0 Å². The highest BCUT2D eigenvalue weighted by molar-refractivity contribution is 5.93. The van der Waals surface area contributed by atoms with Gasteiger partial charge in [-0.1, -0.05) is 6.92 Å². The molecule has 0 spiro atoms. The topological polar surface area (TPSA) is 54.5 Å². The number of anilines is 1. The second kappa shape index (κ2) is 5.27. The number of hydrogen-bond acceptors (Lipinski definition) is 4. The van der Waals surface area contributed by atoms with Gasteiger partial charge in [-0.2, -0.15) is 0 Å². The van der Waals surface area contributed by atoms with E-state index < -0.39 is 0 Å². The number of rotatable bonds is 3. The number of morpholine rings is 1. The van der Waals surface area contributed by atoms with Crippen LogP contribution in [0.15, 0.2) is 24.5 Å². The molecule has 5 nitrogen and oxygen atoms in total. The zero-order valence-electron chi connectivity index (χ0n) is 11.1. The minimum atomic E-state index is -0.0400. The van der Waals surface area contributed by atoms with E-state index in [1.54, 1.807) is 12.4 Å². The van der Waals surface area contributed by atoms with E-state index in [1.165, 1.54) is 0 Å². The molecule has 3 atom stereocenters. The molecule has 0 aliphatic carbocycles. The Hall–Kier alpha value is -1.46. The Morgan fingerprint density at radius 1 is 1.58 bits per heavy atom. The van der Waals surface area contributed by atoms with E-state index in [2.05, 4.69) is 22.1 Å². The Morgan fingerprint density at radius 3 is 3.21 bits per heavy atom. The van der Waals surface area contributed by atoms with Gasteiger partial charge in [-0.15, -0.1) is 0 Å². The lowest BCUT2D eigenvalue weighted by Crippen LogP contribution is -2.44. The summed E-state index contributed by atoms with van der Waals surface area (Å²) in [6.07, 6.45) is 4.44. The largest absolute Gasteiger partial charge is 0.371 e. The van der Waals surface area contributed by atoms with Crippen LogP contribution in [-0.2, 0) is 9.53 Å². The van der Waals surface area contributed by atoms with Gasteiger partial charge in [0.2, 0.25) is 5.91 Å². The van der Waals surface area contributed by atoms with Crippen molar-refractivity contribution in [3.63, 3.8) is 0 Å². The van der Waals surface area contributed by atoms with Gasteiger partial charge in [-0.05, 0) is 25.1 Å². The molecule has 3 heterocycles. The summed E-state index contributed by atoms with van der Waals surface area (Å²) in [4.78, 5) is 18.7. The molecule has 0 radical (unpaired) electrons. The summed E-state index contributed by atoms with van der Waals surface area (Å²) in [5, 5.41) is 2.93. The average molecular weight is 261 g/mol. The fourth-order valence-corrected chi connectivity index (χ4v) is 2.94. The number of likely N-dealkylation sites (N-methyl/N-ethyl adjacent to an activating group) is 1. The SMILES string of the molecule is CCN1C[C@H]2C[C@@H](C(=O)Nc3cccnc3)[C@@H](C1)O2. The summed E-state index contributed by atoms with van der Waals surface area (Å²) >= 11 is 0. The first kappa shape index (κ1) is 12.6. The Labute approximate surface area is 113 Å². The molecule has 0 unspecified atom stereocenters. The van der Waals surface area contributed by atoms with Crippen LogP contribution in [-0.4, -0.2) is 47.6 Å². The van der Waals surface area contributed by atoms with Crippen LogP contribution < -0.4 is 5.32 Å². The van der Waals surface area contributed by atoms with Crippen molar-refractivity contribution < 1.29 is 9.53 Å². The van der Waals surface area contributed by atoms with Gasteiger partial charge in [0, 0.05) is 19.3 Å². The molecule has 1 aromatic heterocycles. The highest BCUT2D eigenvalue weighted by atomic mass is 16.5. The van der Waals surface area contributed by atoms with Gasteiger partial charge in [-0.3, -0.25) is 14.7 Å². The number of ether oxygens (including phenoxy) is 1. The summed E-state index contributed by atoms with van der Waals surface area (Å²) in [6, 6.07) is 3.67. The molecule has 102 valence electrons. The van der Waals surface area contributed by atoms with Crippen LogP contribution in [0, 0.1) is 5.92 Å². The van der Waals surface area contributed by atoms with Crippen LogP contribution in [0.3, 0.4) is 0 Å². The number of aromatic nitrogens is 1. The lowest BCUT2D eigenvalue weighted by Gasteiger charge is -2.31. The number of nitrogens with zero attached hydrogens (tertiary/aromatic N) is 2. The molecule has 2 aliphatic rings. The predicted octanol–water partition coefficient (Wildman–Crippen LogP) is 1.13. The molecule has 2 fully saturated rings. The smallest absolute Gasteiger partial charge is 0.230 e. The molecule has 5 heteroatoms. The number of carbonyl (C=O) groups is 1. The van der Waals surface area contributed by atoms with Crippen LogP contribution in [0.1, 0.15) is 13.3 Å². The molecule has 0 saturated carbocycles. The molecule has 1 amide bonds. The van der Waals surface area contributed by atoms with E-state index in [1.807, 2.05) is 12.1 Å². The Kier molecular flexibility index (Phi) is 3.48. The summed E-state index contributed by atoms with van der Waals surface area (Å²) in [5.41, 5.74) is 0.751. The number of hydrogen-bond donors (Lipinski definition) is 1. The van der Waals surface area contributed by atoms with Crippen molar-refractivity contribution >= 4 is 11.6 Å². The monoisotopic (exact) mass is 261 g/mol. The fourth-order valence-electron chi connectivity index (χ4n) is 2.94. The van der Waals surface area contributed by atoms with Crippen molar-refractivity contribution in [1.82, 2.24) is 9.88 Å². The van der Waals surface area contributed by atoms with E-state index in [0.717, 1.165) is 31.7 Å². The molecule has 2 saturated heterocycles. The predicted molar refractivity (Wildman–Crippen MR) is 71.7 cm³/mol. The first-order valence-electron chi connectivity index (χ1n) is 6.85. The van der Waals surface area contributed by atoms with Gasteiger partial charge in [0.25, 0.3) is 0 Å². The lowest BCUT2D eigenvalue weighted by atomic mass is 9.99. The zero-order chi connectivity index (χ0) is 13.2. The first-order valence-corrected chi connectivity index (χ1v) is 6.85. The second-order valence-electron chi connectivity index (χ2n) is 5.22. The Morgan fingerprint density at radius 2 is 2.47 bits per heavy atom.